The van der Waals surface area contributed by atoms with E-state index in [1.54, 1.807) is 25.7 Å². The summed E-state index contributed by atoms with van der Waals surface area (Å²) in [7, 11) is 0. The molecular weight excluding hydrogens is 339 g/mol. The fourth-order valence-electron chi connectivity index (χ4n) is 2.38. The lowest BCUT2D eigenvalue weighted by molar-refractivity contribution is -0.145. The molecule has 140 valence electrons. The summed E-state index contributed by atoms with van der Waals surface area (Å²) in [6.45, 7) is 7.64. The first kappa shape index (κ1) is 19.3. The number of carbonyl (C=O) groups excluding carboxylic acids is 1. The van der Waals surface area contributed by atoms with Crippen molar-refractivity contribution in [2.45, 2.75) is 58.4 Å². The molecule has 9 heteroatoms. The van der Waals surface area contributed by atoms with Crippen LogP contribution in [0, 0.1) is 6.92 Å². The smallest absolute Gasteiger partial charge is 0.451 e. The number of halogens is 3. The van der Waals surface area contributed by atoms with Gasteiger partial charge in [0, 0.05) is 37.7 Å². The van der Waals surface area contributed by atoms with E-state index < -0.39 is 23.7 Å². The number of amides is 1. The molecule has 1 amide bonds. The number of nitrogens with zero attached hydrogens (tertiary/aromatic N) is 3. The van der Waals surface area contributed by atoms with Gasteiger partial charge >= 0.3 is 12.3 Å². The van der Waals surface area contributed by atoms with Crippen LogP contribution in [0.25, 0.3) is 0 Å². The Bertz CT molecular complexity index is 621. The molecule has 1 aromatic rings. The van der Waals surface area contributed by atoms with Crippen LogP contribution in [0.1, 0.15) is 45.1 Å². The Morgan fingerprint density at radius 2 is 1.80 bits per heavy atom. The second kappa shape index (κ2) is 7.05. The van der Waals surface area contributed by atoms with Crippen molar-refractivity contribution >= 4 is 6.09 Å². The Labute approximate surface area is 144 Å². The standard InChI is InChI=1S/C16H22F3N3O3/c1-10-9-12(21-13(20-10)16(17,18)19)24-11-5-7-22(8-6-11)14(23)25-15(2,3)4/h9,11H,5-8H2,1-4H3. The zero-order valence-electron chi connectivity index (χ0n) is 14.7. The number of piperidine rings is 1. The third kappa shape index (κ3) is 5.75. The highest BCUT2D eigenvalue weighted by Gasteiger charge is 2.36. The molecule has 6 nitrogen and oxygen atoms in total. The molecule has 0 aromatic carbocycles. The average molecular weight is 361 g/mol. The van der Waals surface area contributed by atoms with E-state index in [1.807, 2.05) is 0 Å². The number of likely N-dealkylation sites (tertiary alicyclic amines) is 1. The van der Waals surface area contributed by atoms with Crippen LogP contribution in [-0.4, -0.2) is 45.8 Å². The van der Waals surface area contributed by atoms with Gasteiger partial charge in [0.1, 0.15) is 11.7 Å². The maximum absolute atomic E-state index is 12.8. The molecule has 1 fully saturated rings. The van der Waals surface area contributed by atoms with Crippen LogP contribution in [0.5, 0.6) is 5.88 Å². The fraction of sp³-hybridized carbons (Fsp3) is 0.688. The van der Waals surface area contributed by atoms with E-state index >= 15 is 0 Å². The summed E-state index contributed by atoms with van der Waals surface area (Å²) in [4.78, 5) is 20.4. The molecule has 2 heterocycles. The van der Waals surface area contributed by atoms with Gasteiger partial charge in [0.15, 0.2) is 0 Å². The third-order valence-corrected chi connectivity index (χ3v) is 3.47. The Morgan fingerprint density at radius 1 is 1.20 bits per heavy atom. The summed E-state index contributed by atoms with van der Waals surface area (Å²) in [5.41, 5.74) is -0.389. The second-order valence-corrected chi connectivity index (χ2v) is 6.95. The zero-order valence-corrected chi connectivity index (χ0v) is 14.7. The van der Waals surface area contributed by atoms with Crippen LogP contribution in [0.15, 0.2) is 6.07 Å². The SMILES string of the molecule is Cc1cc(OC2CCN(C(=O)OC(C)(C)C)CC2)nc(C(F)(F)F)n1. The third-order valence-electron chi connectivity index (χ3n) is 3.47. The molecule has 0 radical (unpaired) electrons. The zero-order chi connectivity index (χ0) is 18.8. The molecule has 0 saturated carbocycles. The van der Waals surface area contributed by atoms with Crippen LogP contribution in [-0.2, 0) is 10.9 Å². The van der Waals surface area contributed by atoms with E-state index in [0.717, 1.165) is 0 Å². The largest absolute Gasteiger partial charge is 0.474 e. The van der Waals surface area contributed by atoms with Crippen molar-refractivity contribution in [2.75, 3.05) is 13.1 Å². The van der Waals surface area contributed by atoms with Crippen LogP contribution in [0.2, 0.25) is 0 Å². The van der Waals surface area contributed by atoms with Gasteiger partial charge in [-0.2, -0.15) is 18.2 Å². The van der Waals surface area contributed by atoms with Crippen molar-refractivity contribution in [3.63, 3.8) is 0 Å². The van der Waals surface area contributed by atoms with E-state index in [-0.39, 0.29) is 17.7 Å². The van der Waals surface area contributed by atoms with Gasteiger partial charge in [-0.15, -0.1) is 0 Å². The van der Waals surface area contributed by atoms with Gasteiger partial charge in [-0.05, 0) is 27.7 Å². The number of carbonyl (C=O) groups is 1. The highest BCUT2D eigenvalue weighted by molar-refractivity contribution is 5.68. The highest BCUT2D eigenvalue weighted by atomic mass is 19.4. The Kier molecular flexibility index (Phi) is 5.43. The molecule has 0 aliphatic carbocycles. The van der Waals surface area contributed by atoms with Crippen molar-refractivity contribution in [1.29, 1.82) is 0 Å². The van der Waals surface area contributed by atoms with Gasteiger partial charge in [-0.25, -0.2) is 9.78 Å². The molecule has 0 atom stereocenters. The maximum atomic E-state index is 12.8. The van der Waals surface area contributed by atoms with Gasteiger partial charge < -0.3 is 14.4 Å². The highest BCUT2D eigenvalue weighted by Crippen LogP contribution is 2.28. The molecule has 25 heavy (non-hydrogen) atoms. The van der Waals surface area contributed by atoms with Crippen LogP contribution < -0.4 is 4.74 Å². The van der Waals surface area contributed by atoms with E-state index in [1.165, 1.54) is 13.0 Å². The molecule has 1 aromatic heterocycles. The predicted octanol–water partition coefficient (Wildman–Crippen LogP) is 3.58. The van der Waals surface area contributed by atoms with Crippen LogP contribution in [0.3, 0.4) is 0 Å². The Balaban J connectivity index is 1.94. The lowest BCUT2D eigenvalue weighted by atomic mass is 10.1. The number of aryl methyl sites for hydroxylation is 1. The summed E-state index contributed by atoms with van der Waals surface area (Å²) in [6.07, 6.45) is -4.35. The van der Waals surface area contributed by atoms with Gasteiger partial charge in [-0.3, -0.25) is 0 Å². The summed E-state index contributed by atoms with van der Waals surface area (Å²) in [6, 6.07) is 1.37. The van der Waals surface area contributed by atoms with Crippen molar-refractivity contribution in [3.05, 3.63) is 17.6 Å². The minimum Gasteiger partial charge on any atom is -0.474 e. The molecule has 0 spiro atoms. The minimum atomic E-state index is -4.62. The number of rotatable bonds is 2. The summed E-state index contributed by atoms with van der Waals surface area (Å²) in [5, 5.41) is 0. The number of aromatic nitrogens is 2. The molecule has 0 bridgehead atoms. The number of alkyl halides is 3. The van der Waals surface area contributed by atoms with Crippen molar-refractivity contribution < 1.29 is 27.4 Å². The lowest BCUT2D eigenvalue weighted by Gasteiger charge is -2.33. The van der Waals surface area contributed by atoms with Crippen molar-refractivity contribution in [2.24, 2.45) is 0 Å². The molecule has 0 N–H and O–H groups in total. The molecule has 0 unspecified atom stereocenters. The molecule has 1 saturated heterocycles. The average Bonchev–Trinajstić information content (AvgIpc) is 2.44. The van der Waals surface area contributed by atoms with Crippen molar-refractivity contribution in [3.8, 4) is 5.88 Å². The van der Waals surface area contributed by atoms with E-state index in [0.29, 0.717) is 25.9 Å². The second-order valence-electron chi connectivity index (χ2n) is 6.95. The normalized spacial score (nSPS) is 16.7. The van der Waals surface area contributed by atoms with Crippen LogP contribution in [0.4, 0.5) is 18.0 Å². The van der Waals surface area contributed by atoms with Gasteiger partial charge in [0.05, 0.1) is 0 Å². The van der Waals surface area contributed by atoms with Crippen molar-refractivity contribution in [1.82, 2.24) is 14.9 Å². The number of hydrogen-bond donors (Lipinski definition) is 0. The number of hydrogen-bond acceptors (Lipinski definition) is 5. The Hall–Kier alpha value is -2.06. The lowest BCUT2D eigenvalue weighted by Crippen LogP contribution is -2.44. The summed E-state index contributed by atoms with van der Waals surface area (Å²) in [5.74, 6) is -1.32. The summed E-state index contributed by atoms with van der Waals surface area (Å²) >= 11 is 0. The fourth-order valence-corrected chi connectivity index (χ4v) is 2.38. The topological polar surface area (TPSA) is 64.5 Å². The van der Waals surface area contributed by atoms with E-state index in [9.17, 15) is 18.0 Å². The molecule has 2 rings (SSSR count). The quantitative estimate of drug-likeness (QED) is 0.806. The molecule has 1 aliphatic rings. The Morgan fingerprint density at radius 3 is 2.32 bits per heavy atom. The minimum absolute atomic E-state index is 0.101. The van der Waals surface area contributed by atoms with E-state index in [4.69, 9.17) is 9.47 Å². The monoisotopic (exact) mass is 361 g/mol. The van der Waals surface area contributed by atoms with Gasteiger partial charge in [0.2, 0.25) is 11.7 Å². The first-order valence-electron chi connectivity index (χ1n) is 8.01. The molecular formula is C16H22F3N3O3. The summed E-state index contributed by atoms with van der Waals surface area (Å²) < 4.78 is 49.2. The van der Waals surface area contributed by atoms with E-state index in [2.05, 4.69) is 9.97 Å². The predicted molar refractivity (Wildman–Crippen MR) is 83.2 cm³/mol. The first-order chi connectivity index (χ1) is 11.4. The molecule has 1 aliphatic heterocycles. The van der Waals surface area contributed by atoms with Crippen LogP contribution >= 0.6 is 0 Å². The maximum Gasteiger partial charge on any atom is 0.451 e. The number of ether oxygens (including phenoxy) is 2. The van der Waals surface area contributed by atoms with Gasteiger partial charge in [0.25, 0.3) is 0 Å². The van der Waals surface area contributed by atoms with Gasteiger partial charge in [-0.1, -0.05) is 0 Å². The first-order valence-corrected chi connectivity index (χ1v) is 8.01.